The van der Waals surface area contributed by atoms with E-state index in [0.29, 0.717) is 24.1 Å². The molecule has 0 amide bonds. The second-order valence-corrected chi connectivity index (χ2v) is 11.0. The summed E-state index contributed by atoms with van der Waals surface area (Å²) in [6.07, 6.45) is 3.14. The van der Waals surface area contributed by atoms with E-state index in [0.717, 1.165) is 48.9 Å². The lowest BCUT2D eigenvalue weighted by molar-refractivity contribution is 0.0807. The molecule has 5 rings (SSSR count). The van der Waals surface area contributed by atoms with Crippen molar-refractivity contribution in [2.24, 2.45) is 0 Å². The van der Waals surface area contributed by atoms with Crippen LogP contribution in [-0.2, 0) is 16.5 Å². The van der Waals surface area contributed by atoms with Crippen molar-refractivity contribution in [2.45, 2.75) is 37.9 Å². The van der Waals surface area contributed by atoms with Gasteiger partial charge in [-0.25, -0.2) is 13.1 Å². The molecule has 0 N–H and O–H groups in total. The first-order valence-electron chi connectivity index (χ1n) is 10.4. The molecule has 0 bridgehead atoms. The summed E-state index contributed by atoms with van der Waals surface area (Å²) in [6.45, 7) is 4.32. The maximum absolute atomic E-state index is 11.8. The standard InChI is InChI=1S/C20H27N5O2S2/c26-29(27)13-8-18(14-29)23-11-9-22(10-12-23)15-24-20(28)25(17-4-2-1-3-5-17)19(21-24)16-6-7-16/h1-5,16,18H,6-15H2. The molecule has 3 aliphatic rings. The summed E-state index contributed by atoms with van der Waals surface area (Å²) < 4.78 is 28.4. The molecule has 0 spiro atoms. The Balaban J connectivity index is 1.29. The molecule has 0 radical (unpaired) electrons. The van der Waals surface area contributed by atoms with Gasteiger partial charge in [0.2, 0.25) is 4.77 Å². The Kier molecular flexibility index (Phi) is 5.09. The summed E-state index contributed by atoms with van der Waals surface area (Å²) in [5.41, 5.74) is 1.08. The van der Waals surface area contributed by atoms with Crippen LogP contribution in [0.3, 0.4) is 0 Å². The maximum Gasteiger partial charge on any atom is 0.203 e. The number of aromatic nitrogens is 3. The molecular formula is C20H27N5O2S2. The van der Waals surface area contributed by atoms with Gasteiger partial charge in [-0.3, -0.25) is 14.4 Å². The van der Waals surface area contributed by atoms with Gasteiger partial charge in [0.1, 0.15) is 5.82 Å². The van der Waals surface area contributed by atoms with Gasteiger partial charge in [-0.1, -0.05) is 18.2 Å². The van der Waals surface area contributed by atoms with Crippen LogP contribution in [-0.4, -0.2) is 76.3 Å². The summed E-state index contributed by atoms with van der Waals surface area (Å²) in [7, 11) is -2.83. The highest BCUT2D eigenvalue weighted by Gasteiger charge is 2.34. The molecule has 2 aromatic rings. The first-order valence-corrected chi connectivity index (χ1v) is 12.7. The predicted molar refractivity (Wildman–Crippen MR) is 115 cm³/mol. The van der Waals surface area contributed by atoms with Crippen molar-refractivity contribution < 1.29 is 8.42 Å². The van der Waals surface area contributed by atoms with Gasteiger partial charge < -0.3 is 0 Å². The molecule has 9 heteroatoms. The van der Waals surface area contributed by atoms with Crippen LogP contribution in [0.2, 0.25) is 0 Å². The number of hydrogen-bond acceptors (Lipinski definition) is 6. The van der Waals surface area contributed by atoms with Gasteiger partial charge in [-0.05, 0) is 43.6 Å². The zero-order chi connectivity index (χ0) is 20.0. The van der Waals surface area contributed by atoms with Crippen molar-refractivity contribution in [2.75, 3.05) is 37.7 Å². The summed E-state index contributed by atoms with van der Waals surface area (Å²) in [5, 5.41) is 4.90. The fourth-order valence-corrected chi connectivity index (χ4v) is 6.52. The highest BCUT2D eigenvalue weighted by Crippen LogP contribution is 2.40. The Labute approximate surface area is 176 Å². The number of sulfone groups is 1. The number of benzene rings is 1. The van der Waals surface area contributed by atoms with Crippen molar-refractivity contribution in [1.82, 2.24) is 24.1 Å². The van der Waals surface area contributed by atoms with Crippen LogP contribution in [0.5, 0.6) is 0 Å². The van der Waals surface area contributed by atoms with Crippen molar-refractivity contribution in [3.05, 3.63) is 40.9 Å². The van der Waals surface area contributed by atoms with E-state index in [-0.39, 0.29) is 6.04 Å². The monoisotopic (exact) mass is 433 g/mol. The molecule has 3 heterocycles. The molecule has 1 aromatic carbocycles. The topological polar surface area (TPSA) is 63.4 Å². The number of nitrogens with zero attached hydrogens (tertiary/aromatic N) is 5. The van der Waals surface area contributed by atoms with Gasteiger partial charge in [-0.15, -0.1) is 0 Å². The van der Waals surface area contributed by atoms with E-state index in [2.05, 4.69) is 26.5 Å². The van der Waals surface area contributed by atoms with Crippen LogP contribution in [0, 0.1) is 4.77 Å². The van der Waals surface area contributed by atoms with E-state index in [4.69, 9.17) is 17.3 Å². The van der Waals surface area contributed by atoms with E-state index < -0.39 is 9.84 Å². The Morgan fingerprint density at radius 1 is 1.03 bits per heavy atom. The summed E-state index contributed by atoms with van der Waals surface area (Å²) in [6, 6.07) is 10.5. The third-order valence-electron chi connectivity index (χ3n) is 6.29. The van der Waals surface area contributed by atoms with Crippen LogP contribution in [0.15, 0.2) is 30.3 Å². The first-order chi connectivity index (χ1) is 14.0. The second kappa shape index (κ2) is 7.61. The average Bonchev–Trinajstić information content (AvgIpc) is 3.43. The highest BCUT2D eigenvalue weighted by atomic mass is 32.2. The highest BCUT2D eigenvalue weighted by molar-refractivity contribution is 7.91. The molecule has 1 atom stereocenters. The van der Waals surface area contributed by atoms with Gasteiger partial charge in [0.15, 0.2) is 9.84 Å². The molecule has 29 heavy (non-hydrogen) atoms. The minimum atomic E-state index is -2.83. The fraction of sp³-hybridized carbons (Fsp3) is 0.600. The second-order valence-electron chi connectivity index (χ2n) is 8.44. The molecule has 1 aliphatic carbocycles. The molecule has 156 valence electrons. The SMILES string of the molecule is O=S1(=O)CCC(N2CCN(Cn3nc(C4CC4)n(-c4ccccc4)c3=S)CC2)C1. The van der Waals surface area contributed by atoms with E-state index in [1.165, 1.54) is 12.8 Å². The van der Waals surface area contributed by atoms with Crippen molar-refractivity contribution in [3.63, 3.8) is 0 Å². The molecule has 2 saturated heterocycles. The van der Waals surface area contributed by atoms with E-state index >= 15 is 0 Å². The molecule has 2 aliphatic heterocycles. The van der Waals surface area contributed by atoms with Crippen LogP contribution in [0.25, 0.3) is 5.69 Å². The first kappa shape index (κ1) is 19.4. The predicted octanol–water partition coefficient (Wildman–Crippen LogP) is 2.04. The van der Waals surface area contributed by atoms with Crippen LogP contribution < -0.4 is 0 Å². The Bertz CT molecular complexity index is 1030. The van der Waals surface area contributed by atoms with Gasteiger partial charge in [0, 0.05) is 43.8 Å². The largest absolute Gasteiger partial charge is 0.297 e. The Hall–Kier alpha value is -1.55. The lowest BCUT2D eigenvalue weighted by Crippen LogP contribution is -2.51. The van der Waals surface area contributed by atoms with E-state index in [1.807, 2.05) is 22.9 Å². The van der Waals surface area contributed by atoms with Crippen LogP contribution >= 0.6 is 12.2 Å². The zero-order valence-electron chi connectivity index (χ0n) is 16.5. The van der Waals surface area contributed by atoms with Gasteiger partial charge in [0.05, 0.1) is 18.2 Å². The quantitative estimate of drug-likeness (QED) is 0.673. The molecule has 3 fully saturated rings. The minimum Gasteiger partial charge on any atom is -0.297 e. The molecule has 1 aromatic heterocycles. The third kappa shape index (κ3) is 4.05. The molecular weight excluding hydrogens is 406 g/mol. The summed E-state index contributed by atoms with van der Waals surface area (Å²) >= 11 is 5.81. The van der Waals surface area contributed by atoms with Crippen LogP contribution in [0.1, 0.15) is 31.0 Å². The fourth-order valence-electron chi connectivity index (χ4n) is 4.46. The number of piperazine rings is 1. The van der Waals surface area contributed by atoms with Gasteiger partial charge in [0.25, 0.3) is 0 Å². The van der Waals surface area contributed by atoms with Crippen molar-refractivity contribution >= 4 is 22.1 Å². The number of hydrogen-bond donors (Lipinski definition) is 0. The number of para-hydroxylation sites is 1. The van der Waals surface area contributed by atoms with Gasteiger partial charge >= 0.3 is 0 Å². The van der Waals surface area contributed by atoms with Gasteiger partial charge in [-0.2, -0.15) is 5.10 Å². The van der Waals surface area contributed by atoms with E-state index in [1.54, 1.807) is 0 Å². The smallest absolute Gasteiger partial charge is 0.203 e. The average molecular weight is 434 g/mol. The lowest BCUT2D eigenvalue weighted by atomic mass is 10.2. The zero-order valence-corrected chi connectivity index (χ0v) is 18.1. The lowest BCUT2D eigenvalue weighted by Gasteiger charge is -2.37. The molecule has 1 unspecified atom stereocenters. The van der Waals surface area contributed by atoms with E-state index in [9.17, 15) is 8.42 Å². The summed E-state index contributed by atoms with van der Waals surface area (Å²) in [5.74, 6) is 2.26. The van der Waals surface area contributed by atoms with Crippen molar-refractivity contribution in [3.8, 4) is 5.69 Å². The Morgan fingerprint density at radius 2 is 1.76 bits per heavy atom. The minimum absolute atomic E-state index is 0.197. The normalized spacial score (nSPS) is 25.4. The number of rotatable bonds is 5. The van der Waals surface area contributed by atoms with Crippen LogP contribution in [0.4, 0.5) is 0 Å². The van der Waals surface area contributed by atoms with Crippen molar-refractivity contribution in [1.29, 1.82) is 0 Å². The maximum atomic E-state index is 11.8. The Morgan fingerprint density at radius 3 is 2.38 bits per heavy atom. The molecule has 7 nitrogen and oxygen atoms in total. The molecule has 1 saturated carbocycles. The third-order valence-corrected chi connectivity index (χ3v) is 8.43. The summed E-state index contributed by atoms with van der Waals surface area (Å²) in [4.78, 5) is 4.72.